The van der Waals surface area contributed by atoms with Crippen molar-refractivity contribution in [3.63, 3.8) is 0 Å². The summed E-state index contributed by atoms with van der Waals surface area (Å²) < 4.78 is 1.89. The Bertz CT molecular complexity index is 610. The number of benzene rings is 1. The Balaban J connectivity index is 2.43. The zero-order valence-corrected chi connectivity index (χ0v) is 11.4. The molecule has 0 saturated heterocycles. The SMILES string of the molecule is CCC(C#N)(C(N)=S)c1ccc(-n2ccnc2)cc1. The molecule has 0 radical (unpaired) electrons. The van der Waals surface area contributed by atoms with E-state index in [4.69, 9.17) is 18.0 Å². The fourth-order valence-electron chi connectivity index (χ4n) is 2.05. The minimum absolute atomic E-state index is 0.216. The first-order valence-electron chi connectivity index (χ1n) is 5.94. The van der Waals surface area contributed by atoms with Crippen LogP contribution in [0.2, 0.25) is 0 Å². The van der Waals surface area contributed by atoms with Crippen molar-refractivity contribution in [2.24, 2.45) is 5.73 Å². The largest absolute Gasteiger partial charge is 0.392 e. The van der Waals surface area contributed by atoms with Crippen LogP contribution in [-0.2, 0) is 5.41 Å². The van der Waals surface area contributed by atoms with Gasteiger partial charge in [-0.1, -0.05) is 31.3 Å². The lowest BCUT2D eigenvalue weighted by molar-refractivity contribution is 0.701. The molecule has 96 valence electrons. The van der Waals surface area contributed by atoms with Crippen molar-refractivity contribution in [1.82, 2.24) is 9.55 Å². The molecule has 5 heteroatoms. The highest BCUT2D eigenvalue weighted by Gasteiger charge is 2.33. The van der Waals surface area contributed by atoms with Crippen LogP contribution in [0.5, 0.6) is 0 Å². The van der Waals surface area contributed by atoms with Crippen LogP contribution in [-0.4, -0.2) is 14.5 Å². The molecular formula is C14H14N4S. The molecule has 0 fully saturated rings. The second kappa shape index (κ2) is 5.21. The van der Waals surface area contributed by atoms with E-state index in [2.05, 4.69) is 11.1 Å². The van der Waals surface area contributed by atoms with Crippen LogP contribution in [0.25, 0.3) is 5.69 Å². The van der Waals surface area contributed by atoms with Crippen LogP contribution in [0.4, 0.5) is 0 Å². The normalized spacial score (nSPS) is 13.5. The second-order valence-corrected chi connectivity index (χ2v) is 4.69. The van der Waals surface area contributed by atoms with Gasteiger partial charge >= 0.3 is 0 Å². The first-order valence-corrected chi connectivity index (χ1v) is 6.35. The Morgan fingerprint density at radius 2 is 2.16 bits per heavy atom. The maximum atomic E-state index is 9.42. The first-order chi connectivity index (χ1) is 9.14. The molecule has 0 saturated carbocycles. The third kappa shape index (κ3) is 2.23. The average molecular weight is 270 g/mol. The van der Waals surface area contributed by atoms with Gasteiger partial charge in [0.2, 0.25) is 0 Å². The van der Waals surface area contributed by atoms with Gasteiger partial charge in [0.15, 0.2) is 0 Å². The topological polar surface area (TPSA) is 67.6 Å². The summed E-state index contributed by atoms with van der Waals surface area (Å²) in [5.41, 5.74) is 6.67. The number of thiocarbonyl (C=S) groups is 1. The van der Waals surface area contributed by atoms with E-state index >= 15 is 0 Å². The van der Waals surface area contributed by atoms with Gasteiger partial charge in [-0.15, -0.1) is 0 Å². The van der Waals surface area contributed by atoms with E-state index in [1.807, 2.05) is 42.0 Å². The molecule has 1 unspecified atom stereocenters. The maximum absolute atomic E-state index is 9.42. The van der Waals surface area contributed by atoms with E-state index in [0.717, 1.165) is 11.3 Å². The van der Waals surface area contributed by atoms with Crippen molar-refractivity contribution < 1.29 is 0 Å². The van der Waals surface area contributed by atoms with Gasteiger partial charge < -0.3 is 10.3 Å². The summed E-state index contributed by atoms with van der Waals surface area (Å²) in [4.78, 5) is 4.22. The number of rotatable bonds is 4. The fraction of sp³-hybridized carbons (Fsp3) is 0.214. The zero-order chi connectivity index (χ0) is 13.9. The Kier molecular flexibility index (Phi) is 3.63. The van der Waals surface area contributed by atoms with E-state index < -0.39 is 5.41 Å². The van der Waals surface area contributed by atoms with E-state index in [-0.39, 0.29) is 4.99 Å². The zero-order valence-electron chi connectivity index (χ0n) is 10.6. The molecule has 2 rings (SSSR count). The molecule has 0 bridgehead atoms. The maximum Gasteiger partial charge on any atom is 0.132 e. The van der Waals surface area contributed by atoms with Crippen LogP contribution < -0.4 is 5.73 Å². The summed E-state index contributed by atoms with van der Waals surface area (Å²) in [7, 11) is 0. The summed E-state index contributed by atoms with van der Waals surface area (Å²) in [5, 5.41) is 9.42. The lowest BCUT2D eigenvalue weighted by Crippen LogP contribution is -2.38. The summed E-state index contributed by atoms with van der Waals surface area (Å²) in [5.74, 6) is 0. The van der Waals surface area contributed by atoms with Gasteiger partial charge in [0.1, 0.15) is 5.41 Å². The first kappa shape index (κ1) is 13.2. The molecule has 0 amide bonds. The van der Waals surface area contributed by atoms with Crippen molar-refractivity contribution in [1.29, 1.82) is 5.26 Å². The number of nitrogens with zero attached hydrogens (tertiary/aromatic N) is 3. The Labute approximate surface area is 117 Å². The molecule has 19 heavy (non-hydrogen) atoms. The Morgan fingerprint density at radius 3 is 2.58 bits per heavy atom. The van der Waals surface area contributed by atoms with Crippen LogP contribution in [0.3, 0.4) is 0 Å². The molecular weight excluding hydrogens is 256 g/mol. The highest BCUT2D eigenvalue weighted by atomic mass is 32.1. The summed E-state index contributed by atoms with van der Waals surface area (Å²) in [6.07, 6.45) is 5.86. The molecule has 1 heterocycles. The summed E-state index contributed by atoms with van der Waals surface area (Å²) in [6, 6.07) is 9.89. The molecule has 2 aromatic rings. The molecule has 1 atom stereocenters. The van der Waals surface area contributed by atoms with Crippen molar-refractivity contribution in [3.8, 4) is 11.8 Å². The van der Waals surface area contributed by atoms with Gasteiger partial charge in [-0.05, 0) is 24.1 Å². The van der Waals surface area contributed by atoms with Gasteiger partial charge in [-0.2, -0.15) is 5.26 Å². The van der Waals surface area contributed by atoms with Crippen LogP contribution in [0, 0.1) is 11.3 Å². The molecule has 1 aromatic carbocycles. The monoisotopic (exact) mass is 270 g/mol. The van der Waals surface area contributed by atoms with Gasteiger partial charge in [0.05, 0.1) is 17.4 Å². The number of imidazole rings is 1. The molecule has 4 nitrogen and oxygen atoms in total. The minimum atomic E-state index is -0.886. The highest BCUT2D eigenvalue weighted by molar-refractivity contribution is 7.80. The van der Waals surface area contributed by atoms with E-state index in [9.17, 15) is 5.26 Å². The van der Waals surface area contributed by atoms with E-state index in [1.165, 1.54) is 0 Å². The van der Waals surface area contributed by atoms with Crippen LogP contribution in [0.15, 0.2) is 43.0 Å². The molecule has 0 aliphatic heterocycles. The van der Waals surface area contributed by atoms with Crippen molar-refractivity contribution >= 4 is 17.2 Å². The molecule has 0 spiro atoms. The molecule has 0 aliphatic rings. The van der Waals surface area contributed by atoms with Gasteiger partial charge in [0, 0.05) is 18.1 Å². The third-order valence-corrected chi connectivity index (χ3v) is 3.65. The summed E-state index contributed by atoms with van der Waals surface area (Å²) >= 11 is 5.06. The predicted molar refractivity (Wildman–Crippen MR) is 77.9 cm³/mol. The Hall–Kier alpha value is -2.19. The lowest BCUT2D eigenvalue weighted by Gasteiger charge is -2.24. The van der Waals surface area contributed by atoms with E-state index in [1.54, 1.807) is 12.5 Å². The number of hydrogen-bond acceptors (Lipinski definition) is 3. The number of aromatic nitrogens is 2. The second-order valence-electron chi connectivity index (χ2n) is 4.25. The van der Waals surface area contributed by atoms with Crippen LogP contribution >= 0.6 is 12.2 Å². The lowest BCUT2D eigenvalue weighted by atomic mass is 9.79. The van der Waals surface area contributed by atoms with E-state index in [0.29, 0.717) is 6.42 Å². The third-order valence-electron chi connectivity index (χ3n) is 3.30. The number of nitrogens with two attached hydrogens (primary N) is 1. The quantitative estimate of drug-likeness (QED) is 0.866. The molecule has 0 aliphatic carbocycles. The molecule has 2 N–H and O–H groups in total. The standard InChI is InChI=1S/C14H14N4S/c1-2-14(9-15,13(16)19)11-3-5-12(6-4-11)18-8-7-17-10-18/h3-8,10H,2H2,1H3,(H2,16,19). The van der Waals surface area contributed by atoms with Crippen LogP contribution in [0.1, 0.15) is 18.9 Å². The number of hydrogen-bond donors (Lipinski definition) is 1. The number of nitriles is 1. The molecule has 1 aromatic heterocycles. The van der Waals surface area contributed by atoms with Crippen molar-refractivity contribution in [3.05, 3.63) is 48.5 Å². The highest BCUT2D eigenvalue weighted by Crippen LogP contribution is 2.28. The minimum Gasteiger partial charge on any atom is -0.392 e. The van der Waals surface area contributed by atoms with Gasteiger partial charge in [0.25, 0.3) is 0 Å². The van der Waals surface area contributed by atoms with Gasteiger partial charge in [-0.25, -0.2) is 4.98 Å². The smallest absolute Gasteiger partial charge is 0.132 e. The fourth-order valence-corrected chi connectivity index (χ4v) is 2.36. The van der Waals surface area contributed by atoms with Crippen molar-refractivity contribution in [2.75, 3.05) is 0 Å². The Morgan fingerprint density at radius 1 is 1.47 bits per heavy atom. The van der Waals surface area contributed by atoms with Crippen molar-refractivity contribution in [2.45, 2.75) is 18.8 Å². The van der Waals surface area contributed by atoms with Gasteiger partial charge in [-0.3, -0.25) is 0 Å². The summed E-state index contributed by atoms with van der Waals surface area (Å²) in [6.45, 7) is 1.91. The predicted octanol–water partition coefficient (Wildman–Crippen LogP) is 2.33. The average Bonchev–Trinajstić information content (AvgIpc) is 2.95.